The molecule has 44 heavy (non-hydrogen) atoms. The van der Waals surface area contributed by atoms with Crippen LogP contribution in [0.25, 0.3) is 17.1 Å². The Labute approximate surface area is 251 Å². The standard InChI is InChI=1S/C29H32FN9O5/c1-17-24(21-15-20(27(40)31-2)28(41)37(3)35-21)36-39(19-8-6-5-7-9-19)26(17)34-29(42)33-22-16-38(12-13-43-4)44-25(22)18-10-11-32-23(30)14-18/h5-11,14-15,22,25H,12-13,16H2,1-4H3,(H,31,40)(H2,33,34,42)/t22-,25+/m1/s1. The molecule has 5 rings (SSSR count). The Morgan fingerprint density at radius 2 is 1.93 bits per heavy atom. The molecule has 1 aliphatic rings. The van der Waals surface area contributed by atoms with Crippen LogP contribution < -0.4 is 21.5 Å². The van der Waals surface area contributed by atoms with E-state index in [1.807, 2.05) is 30.3 Å². The third-order valence-corrected chi connectivity index (χ3v) is 7.10. The van der Waals surface area contributed by atoms with E-state index in [0.717, 1.165) is 4.68 Å². The van der Waals surface area contributed by atoms with Gasteiger partial charge in [0, 0.05) is 46.1 Å². The molecule has 230 valence electrons. The van der Waals surface area contributed by atoms with Gasteiger partial charge in [-0.05, 0) is 42.8 Å². The maximum atomic E-state index is 14.0. The first-order valence-corrected chi connectivity index (χ1v) is 13.8. The fourth-order valence-corrected chi connectivity index (χ4v) is 4.91. The van der Waals surface area contributed by atoms with E-state index in [0.29, 0.717) is 48.0 Å². The Hall–Kier alpha value is -4.99. The second kappa shape index (κ2) is 13.1. The number of nitrogens with zero attached hydrogens (tertiary/aromatic N) is 6. The number of aryl methyl sites for hydroxylation is 1. The van der Waals surface area contributed by atoms with Gasteiger partial charge in [-0.3, -0.25) is 19.7 Å². The number of benzene rings is 1. The first-order chi connectivity index (χ1) is 21.2. The Kier molecular flexibility index (Phi) is 9.08. The third-order valence-electron chi connectivity index (χ3n) is 7.10. The lowest BCUT2D eigenvalue weighted by atomic mass is 10.0. The van der Waals surface area contributed by atoms with Gasteiger partial charge in [-0.15, -0.1) is 0 Å². The van der Waals surface area contributed by atoms with E-state index in [9.17, 15) is 18.8 Å². The zero-order valence-corrected chi connectivity index (χ0v) is 24.6. The average Bonchev–Trinajstić information content (AvgIpc) is 3.57. The second-order valence-electron chi connectivity index (χ2n) is 10.0. The van der Waals surface area contributed by atoms with Crippen molar-refractivity contribution in [3.05, 3.63) is 87.7 Å². The number of ether oxygens (including phenoxy) is 1. The van der Waals surface area contributed by atoms with Gasteiger partial charge in [-0.2, -0.15) is 19.7 Å². The summed E-state index contributed by atoms with van der Waals surface area (Å²) in [6.07, 6.45) is 0.665. The van der Waals surface area contributed by atoms with Gasteiger partial charge in [0.15, 0.2) is 0 Å². The van der Waals surface area contributed by atoms with Crippen LogP contribution in [-0.4, -0.2) is 81.4 Å². The lowest BCUT2D eigenvalue weighted by Gasteiger charge is -2.19. The number of methoxy groups -OCH3 is 1. The van der Waals surface area contributed by atoms with Crippen molar-refractivity contribution in [1.29, 1.82) is 0 Å². The molecule has 14 nitrogen and oxygen atoms in total. The number of carbonyl (C=O) groups is 2. The van der Waals surface area contributed by atoms with Crippen LogP contribution in [0, 0.1) is 12.9 Å². The second-order valence-corrected chi connectivity index (χ2v) is 10.0. The summed E-state index contributed by atoms with van der Waals surface area (Å²) in [5, 5.41) is 19.0. The minimum Gasteiger partial charge on any atom is -0.383 e. The molecule has 4 aromatic rings. The Bertz CT molecular complexity index is 1730. The van der Waals surface area contributed by atoms with E-state index in [1.54, 1.807) is 29.8 Å². The third kappa shape index (κ3) is 6.34. The number of anilines is 1. The summed E-state index contributed by atoms with van der Waals surface area (Å²) in [7, 11) is 4.45. The molecule has 3 aromatic heterocycles. The van der Waals surface area contributed by atoms with Crippen LogP contribution >= 0.6 is 0 Å². The van der Waals surface area contributed by atoms with Crippen LogP contribution in [-0.2, 0) is 16.6 Å². The van der Waals surface area contributed by atoms with E-state index in [4.69, 9.17) is 14.7 Å². The molecular formula is C29H32FN9O5. The summed E-state index contributed by atoms with van der Waals surface area (Å²) in [5.41, 5.74) is 1.66. The van der Waals surface area contributed by atoms with Gasteiger partial charge in [-0.1, -0.05) is 18.2 Å². The minimum absolute atomic E-state index is 0.0984. The quantitative estimate of drug-likeness (QED) is 0.243. The summed E-state index contributed by atoms with van der Waals surface area (Å²) in [6, 6.07) is 12.3. The molecule has 1 aromatic carbocycles. The predicted octanol–water partition coefficient (Wildman–Crippen LogP) is 1.96. The number of hydroxylamine groups is 2. The summed E-state index contributed by atoms with van der Waals surface area (Å²) in [4.78, 5) is 48.2. The highest BCUT2D eigenvalue weighted by Crippen LogP contribution is 2.31. The van der Waals surface area contributed by atoms with E-state index in [1.165, 1.54) is 32.4 Å². The van der Waals surface area contributed by atoms with Crippen molar-refractivity contribution in [2.24, 2.45) is 7.05 Å². The van der Waals surface area contributed by atoms with Crippen LogP contribution in [0.3, 0.4) is 0 Å². The largest absolute Gasteiger partial charge is 0.383 e. The van der Waals surface area contributed by atoms with E-state index < -0.39 is 35.6 Å². The lowest BCUT2D eigenvalue weighted by Crippen LogP contribution is -2.42. The fraction of sp³-hybridized carbons (Fsp3) is 0.310. The molecule has 1 saturated heterocycles. The summed E-state index contributed by atoms with van der Waals surface area (Å²) in [6.45, 7) is 2.90. The smallest absolute Gasteiger partial charge is 0.320 e. The molecule has 1 aliphatic heterocycles. The fourth-order valence-electron chi connectivity index (χ4n) is 4.91. The molecule has 3 amide bonds. The van der Waals surface area contributed by atoms with Gasteiger partial charge in [0.2, 0.25) is 5.95 Å². The normalized spacial score (nSPS) is 16.6. The Balaban J connectivity index is 1.48. The number of pyridine rings is 1. The van der Waals surface area contributed by atoms with Crippen LogP contribution in [0.4, 0.5) is 15.0 Å². The van der Waals surface area contributed by atoms with Crippen molar-refractivity contribution in [1.82, 2.24) is 40.2 Å². The highest BCUT2D eigenvalue weighted by molar-refractivity contribution is 5.95. The molecular weight excluding hydrogens is 573 g/mol. The van der Waals surface area contributed by atoms with E-state index in [-0.39, 0.29) is 11.3 Å². The van der Waals surface area contributed by atoms with Crippen molar-refractivity contribution >= 4 is 17.8 Å². The predicted molar refractivity (Wildman–Crippen MR) is 158 cm³/mol. The lowest BCUT2D eigenvalue weighted by molar-refractivity contribution is -0.154. The monoisotopic (exact) mass is 605 g/mol. The van der Waals surface area contributed by atoms with Gasteiger partial charge in [-0.25, -0.2) is 19.1 Å². The molecule has 0 bridgehead atoms. The van der Waals surface area contributed by atoms with Gasteiger partial charge >= 0.3 is 6.03 Å². The zero-order valence-electron chi connectivity index (χ0n) is 24.6. The zero-order chi connectivity index (χ0) is 31.4. The molecule has 0 unspecified atom stereocenters. The van der Waals surface area contributed by atoms with Gasteiger partial charge in [0.1, 0.15) is 28.9 Å². The molecule has 0 radical (unpaired) electrons. The van der Waals surface area contributed by atoms with Crippen LogP contribution in [0.5, 0.6) is 0 Å². The number of amides is 3. The highest BCUT2D eigenvalue weighted by Gasteiger charge is 2.37. The molecule has 2 atom stereocenters. The number of para-hydroxylation sites is 1. The maximum Gasteiger partial charge on any atom is 0.320 e. The molecule has 1 fully saturated rings. The average molecular weight is 606 g/mol. The van der Waals surface area contributed by atoms with Crippen LogP contribution in [0.1, 0.15) is 27.6 Å². The molecule has 4 heterocycles. The van der Waals surface area contributed by atoms with Gasteiger partial charge in [0.05, 0.1) is 18.3 Å². The van der Waals surface area contributed by atoms with Gasteiger partial charge < -0.3 is 15.4 Å². The van der Waals surface area contributed by atoms with Crippen molar-refractivity contribution < 1.29 is 23.6 Å². The van der Waals surface area contributed by atoms with E-state index in [2.05, 4.69) is 26.0 Å². The van der Waals surface area contributed by atoms with E-state index >= 15 is 0 Å². The van der Waals surface area contributed by atoms with Crippen molar-refractivity contribution in [2.45, 2.75) is 19.1 Å². The minimum atomic E-state index is -0.677. The number of aromatic nitrogens is 5. The van der Waals surface area contributed by atoms with Crippen molar-refractivity contribution in [3.63, 3.8) is 0 Å². The van der Waals surface area contributed by atoms with Crippen molar-refractivity contribution in [2.75, 3.05) is 39.2 Å². The highest BCUT2D eigenvalue weighted by atomic mass is 19.1. The maximum absolute atomic E-state index is 14.0. The number of hydrogen-bond donors (Lipinski definition) is 3. The number of carbonyl (C=O) groups excluding carboxylic acids is 2. The van der Waals surface area contributed by atoms with Crippen LogP contribution in [0.2, 0.25) is 0 Å². The molecule has 15 heteroatoms. The molecule has 0 saturated carbocycles. The number of halogens is 1. The number of nitrogens with one attached hydrogen (secondary N) is 3. The Morgan fingerprint density at radius 3 is 2.64 bits per heavy atom. The van der Waals surface area contributed by atoms with Crippen LogP contribution in [0.15, 0.2) is 59.5 Å². The molecule has 0 aliphatic carbocycles. The molecule has 3 N–H and O–H groups in total. The topological polar surface area (TPSA) is 158 Å². The molecule has 0 spiro atoms. The summed E-state index contributed by atoms with van der Waals surface area (Å²) >= 11 is 0. The van der Waals surface area contributed by atoms with Crippen molar-refractivity contribution in [3.8, 4) is 17.1 Å². The van der Waals surface area contributed by atoms with Gasteiger partial charge in [0.25, 0.3) is 11.5 Å². The first kappa shape index (κ1) is 30.5. The number of urea groups is 1. The number of hydrogen-bond acceptors (Lipinski definition) is 9. The first-order valence-electron chi connectivity index (χ1n) is 13.8. The number of rotatable bonds is 9. The summed E-state index contributed by atoms with van der Waals surface area (Å²) < 4.78 is 21.7. The Morgan fingerprint density at radius 1 is 1.16 bits per heavy atom. The SMILES string of the molecule is CNC(=O)c1cc(-c2nn(-c3ccccc3)c(NC(=O)N[C@@H]3CN(CCOC)O[C@H]3c3ccnc(F)c3)c2C)nn(C)c1=O. The summed E-state index contributed by atoms with van der Waals surface area (Å²) in [5.74, 6) is -0.886.